The number of hydrogen-bond acceptors (Lipinski definition) is 4. The highest BCUT2D eigenvalue weighted by atomic mass is 16.5. The molecule has 1 aromatic carbocycles. The average Bonchev–Trinajstić information content (AvgIpc) is 2.43. The van der Waals surface area contributed by atoms with Gasteiger partial charge in [0.25, 0.3) is 5.91 Å². The van der Waals surface area contributed by atoms with Gasteiger partial charge in [-0.05, 0) is 43.5 Å². The predicted molar refractivity (Wildman–Crippen MR) is 72.1 cm³/mol. The zero-order valence-electron chi connectivity index (χ0n) is 11.1. The summed E-state index contributed by atoms with van der Waals surface area (Å²) in [6.45, 7) is 3.40. The predicted octanol–water partition coefficient (Wildman–Crippen LogP) is 0.938. The summed E-state index contributed by atoms with van der Waals surface area (Å²) in [5.74, 6) is 0.0339. The molecule has 0 aliphatic carbocycles. The number of rotatable bonds is 3. The lowest BCUT2D eigenvalue weighted by atomic mass is 9.89. The van der Waals surface area contributed by atoms with Crippen LogP contribution in [0.3, 0.4) is 0 Å². The summed E-state index contributed by atoms with van der Waals surface area (Å²) >= 11 is 0. The van der Waals surface area contributed by atoms with Gasteiger partial charge >= 0.3 is 0 Å². The van der Waals surface area contributed by atoms with E-state index in [-0.39, 0.29) is 17.2 Å². The van der Waals surface area contributed by atoms with Gasteiger partial charge in [0.2, 0.25) is 0 Å². The first-order chi connectivity index (χ1) is 9.06. The number of carbonyl (C=O) groups excluding carboxylic acids is 1. The Bertz CT molecular complexity index is 468. The molecule has 1 saturated heterocycles. The van der Waals surface area contributed by atoms with E-state index >= 15 is 0 Å². The molecule has 1 heterocycles. The Kier molecular flexibility index (Phi) is 4.07. The summed E-state index contributed by atoms with van der Waals surface area (Å²) in [6, 6.07) is 4.82. The number of nitrogens with two attached hydrogens (primary N) is 1. The molecule has 0 atom stereocenters. The normalized spacial score (nSPS) is 18.0. The van der Waals surface area contributed by atoms with Crippen molar-refractivity contribution >= 4 is 5.91 Å². The highest BCUT2D eigenvalue weighted by Gasteiger charge is 2.33. The number of phenols is 1. The van der Waals surface area contributed by atoms with Crippen LogP contribution in [0.25, 0.3) is 0 Å². The highest BCUT2D eigenvalue weighted by Crippen LogP contribution is 2.21. The molecule has 5 nitrogen and oxygen atoms in total. The number of carbonyl (C=O) groups is 1. The molecule has 1 aliphatic rings. The Morgan fingerprint density at radius 3 is 2.74 bits per heavy atom. The minimum atomic E-state index is -0.374. The quantitative estimate of drug-likeness (QED) is 0.758. The monoisotopic (exact) mass is 264 g/mol. The first-order valence-corrected chi connectivity index (χ1v) is 6.46. The Labute approximate surface area is 112 Å². The molecule has 0 bridgehead atoms. The van der Waals surface area contributed by atoms with Gasteiger partial charge in [0.15, 0.2) is 0 Å². The van der Waals surface area contributed by atoms with E-state index in [0.29, 0.717) is 30.9 Å². The topological polar surface area (TPSA) is 84.6 Å². The molecule has 1 amide bonds. The molecule has 5 heteroatoms. The maximum atomic E-state index is 12.3. The van der Waals surface area contributed by atoms with Crippen molar-refractivity contribution < 1.29 is 14.6 Å². The van der Waals surface area contributed by atoms with Crippen molar-refractivity contribution in [3.63, 3.8) is 0 Å². The molecule has 0 radical (unpaired) electrons. The van der Waals surface area contributed by atoms with Crippen molar-refractivity contribution in [2.45, 2.75) is 25.3 Å². The lowest BCUT2D eigenvalue weighted by Gasteiger charge is -2.37. The molecule has 19 heavy (non-hydrogen) atoms. The van der Waals surface area contributed by atoms with Gasteiger partial charge < -0.3 is 20.9 Å². The third-order valence-electron chi connectivity index (χ3n) is 3.68. The number of amides is 1. The zero-order valence-corrected chi connectivity index (χ0v) is 11.1. The van der Waals surface area contributed by atoms with Gasteiger partial charge in [0, 0.05) is 25.3 Å². The van der Waals surface area contributed by atoms with Crippen molar-refractivity contribution in [2.75, 3.05) is 19.8 Å². The van der Waals surface area contributed by atoms with Crippen LogP contribution in [0, 0.1) is 6.92 Å². The van der Waals surface area contributed by atoms with Crippen molar-refractivity contribution in [3.8, 4) is 5.75 Å². The summed E-state index contributed by atoms with van der Waals surface area (Å²) in [5.41, 5.74) is 6.65. The third-order valence-corrected chi connectivity index (χ3v) is 3.68. The van der Waals surface area contributed by atoms with Crippen molar-refractivity contribution in [2.24, 2.45) is 5.73 Å². The van der Waals surface area contributed by atoms with Crippen LogP contribution >= 0.6 is 0 Å². The van der Waals surface area contributed by atoms with Gasteiger partial charge in [-0.15, -0.1) is 0 Å². The maximum Gasteiger partial charge on any atom is 0.251 e. The average molecular weight is 264 g/mol. The van der Waals surface area contributed by atoms with Crippen LogP contribution in [0.1, 0.15) is 28.8 Å². The van der Waals surface area contributed by atoms with Gasteiger partial charge in [-0.2, -0.15) is 0 Å². The minimum Gasteiger partial charge on any atom is -0.508 e. The molecule has 0 saturated carbocycles. The number of nitrogens with one attached hydrogen (secondary N) is 1. The summed E-state index contributed by atoms with van der Waals surface area (Å²) in [5, 5.41) is 12.5. The van der Waals surface area contributed by atoms with Crippen molar-refractivity contribution in [3.05, 3.63) is 29.3 Å². The van der Waals surface area contributed by atoms with Crippen LogP contribution in [-0.2, 0) is 4.74 Å². The molecule has 1 fully saturated rings. The van der Waals surface area contributed by atoms with Gasteiger partial charge in [-0.25, -0.2) is 0 Å². The molecular formula is C14H20N2O3. The molecule has 4 N–H and O–H groups in total. The summed E-state index contributed by atoms with van der Waals surface area (Å²) < 4.78 is 5.31. The summed E-state index contributed by atoms with van der Waals surface area (Å²) in [7, 11) is 0. The zero-order chi connectivity index (χ0) is 13.9. The Morgan fingerprint density at radius 1 is 1.47 bits per heavy atom. The first-order valence-electron chi connectivity index (χ1n) is 6.46. The second-order valence-corrected chi connectivity index (χ2v) is 5.05. The van der Waals surface area contributed by atoms with Crippen LogP contribution in [0.5, 0.6) is 5.75 Å². The lowest BCUT2D eigenvalue weighted by Crippen LogP contribution is -2.56. The minimum absolute atomic E-state index is 0.157. The Morgan fingerprint density at radius 2 is 2.16 bits per heavy atom. The molecular weight excluding hydrogens is 244 g/mol. The lowest BCUT2D eigenvalue weighted by molar-refractivity contribution is 0.0388. The second kappa shape index (κ2) is 5.59. The van der Waals surface area contributed by atoms with E-state index in [1.165, 1.54) is 6.07 Å². The number of phenolic OH excluding ortho intramolecular Hbond substituents is 1. The first kappa shape index (κ1) is 13.8. The van der Waals surface area contributed by atoms with E-state index in [9.17, 15) is 9.90 Å². The van der Waals surface area contributed by atoms with Crippen LogP contribution in [0.2, 0.25) is 0 Å². The van der Waals surface area contributed by atoms with Crippen LogP contribution in [0.4, 0.5) is 0 Å². The number of aryl methyl sites for hydroxylation is 1. The van der Waals surface area contributed by atoms with Gasteiger partial charge in [0.05, 0.1) is 5.54 Å². The molecule has 0 spiro atoms. The number of aromatic hydroxyl groups is 1. The standard InChI is InChI=1S/C14H20N2O3/c1-10-8-11(2-3-12(10)17)13(18)16-14(9-15)4-6-19-7-5-14/h2-3,8,17H,4-7,9,15H2,1H3,(H,16,18). The maximum absolute atomic E-state index is 12.3. The molecule has 1 aromatic rings. The fourth-order valence-electron chi connectivity index (χ4n) is 2.25. The third kappa shape index (κ3) is 3.05. The van der Waals surface area contributed by atoms with Crippen LogP contribution in [0.15, 0.2) is 18.2 Å². The van der Waals surface area contributed by atoms with E-state index in [1.54, 1.807) is 19.1 Å². The Balaban J connectivity index is 2.12. The summed E-state index contributed by atoms with van der Waals surface area (Å²) in [6.07, 6.45) is 1.46. The van der Waals surface area contributed by atoms with Crippen LogP contribution in [-0.4, -0.2) is 36.3 Å². The van der Waals surface area contributed by atoms with E-state index < -0.39 is 0 Å². The molecule has 0 aromatic heterocycles. The smallest absolute Gasteiger partial charge is 0.251 e. The number of benzene rings is 1. The van der Waals surface area contributed by atoms with Crippen molar-refractivity contribution in [1.82, 2.24) is 5.32 Å². The number of ether oxygens (including phenoxy) is 1. The van der Waals surface area contributed by atoms with E-state index in [0.717, 1.165) is 12.8 Å². The fourth-order valence-corrected chi connectivity index (χ4v) is 2.25. The van der Waals surface area contributed by atoms with Gasteiger partial charge in [-0.1, -0.05) is 0 Å². The largest absolute Gasteiger partial charge is 0.508 e. The van der Waals surface area contributed by atoms with Gasteiger partial charge in [-0.3, -0.25) is 4.79 Å². The second-order valence-electron chi connectivity index (χ2n) is 5.05. The fraction of sp³-hybridized carbons (Fsp3) is 0.500. The van der Waals surface area contributed by atoms with E-state index in [2.05, 4.69) is 5.32 Å². The molecule has 0 unspecified atom stereocenters. The van der Waals surface area contributed by atoms with E-state index in [4.69, 9.17) is 10.5 Å². The van der Waals surface area contributed by atoms with Gasteiger partial charge in [0.1, 0.15) is 5.75 Å². The molecule has 1 aliphatic heterocycles. The SMILES string of the molecule is Cc1cc(C(=O)NC2(CN)CCOCC2)ccc1O. The summed E-state index contributed by atoms with van der Waals surface area (Å²) in [4.78, 5) is 12.3. The molecule has 2 rings (SSSR count). The highest BCUT2D eigenvalue weighted by molar-refractivity contribution is 5.95. The number of hydrogen-bond donors (Lipinski definition) is 3. The molecule has 104 valence electrons. The van der Waals surface area contributed by atoms with Crippen molar-refractivity contribution in [1.29, 1.82) is 0 Å². The van der Waals surface area contributed by atoms with Crippen LogP contribution < -0.4 is 11.1 Å². The van der Waals surface area contributed by atoms with E-state index in [1.807, 2.05) is 0 Å². The Hall–Kier alpha value is -1.59.